The van der Waals surface area contributed by atoms with E-state index in [2.05, 4.69) is 114 Å². The molecule has 0 aliphatic carbocycles. The third-order valence-corrected chi connectivity index (χ3v) is 9.99. The molecule has 0 radical (unpaired) electrons. The number of hydrogen-bond acceptors (Lipinski definition) is 2. The molecule has 0 N–H and O–H groups in total. The van der Waals surface area contributed by atoms with Crippen LogP contribution in [0.3, 0.4) is 0 Å². The van der Waals surface area contributed by atoms with Crippen LogP contribution in [-0.4, -0.2) is 14.7 Å². The largest absolute Gasteiger partial charge is 0.430 e. The second kappa shape index (κ2) is 9.73. The number of hydrogen-bond donors (Lipinski definition) is 0. The summed E-state index contributed by atoms with van der Waals surface area (Å²) in [6.07, 6.45) is 4.02. The summed E-state index contributed by atoms with van der Waals surface area (Å²) in [6, 6.07) is 21.4. The van der Waals surface area contributed by atoms with Crippen molar-refractivity contribution < 1.29 is 8.85 Å². The molecule has 2 aromatic rings. The van der Waals surface area contributed by atoms with Gasteiger partial charge in [0, 0.05) is 17.9 Å². The highest BCUT2D eigenvalue weighted by atomic mass is 28.4. The van der Waals surface area contributed by atoms with Crippen LogP contribution in [0.2, 0.25) is 5.04 Å². The molecule has 3 rings (SSSR count). The van der Waals surface area contributed by atoms with Gasteiger partial charge in [-0.1, -0.05) is 114 Å². The minimum Gasteiger partial charge on any atom is -0.381 e. The Morgan fingerprint density at radius 3 is 2.00 bits per heavy atom. The van der Waals surface area contributed by atoms with Gasteiger partial charge in [-0.2, -0.15) is 0 Å². The zero-order valence-electron chi connectivity index (χ0n) is 20.1. The van der Waals surface area contributed by atoms with Gasteiger partial charge in [-0.3, -0.25) is 0 Å². The monoisotopic (exact) mass is 434 g/mol. The quantitative estimate of drug-likeness (QED) is 0.278. The van der Waals surface area contributed by atoms with E-state index in [1.165, 1.54) is 11.1 Å². The van der Waals surface area contributed by atoms with E-state index in [9.17, 15) is 0 Å². The van der Waals surface area contributed by atoms with E-state index in [4.69, 9.17) is 8.85 Å². The fourth-order valence-electron chi connectivity index (χ4n) is 4.17. The van der Waals surface area contributed by atoms with Gasteiger partial charge in [0.25, 0.3) is 0 Å². The summed E-state index contributed by atoms with van der Waals surface area (Å²) in [5.74, 6) is 3.84. The maximum absolute atomic E-state index is 7.30. The summed E-state index contributed by atoms with van der Waals surface area (Å²) >= 11 is 0. The molecule has 0 bridgehead atoms. The van der Waals surface area contributed by atoms with Crippen LogP contribution in [0, 0.1) is 17.4 Å². The third kappa shape index (κ3) is 4.98. The van der Waals surface area contributed by atoms with Crippen LogP contribution < -0.4 is 0 Å². The minimum absolute atomic E-state index is 0.0838. The molecular formula is C28H38O2Si. The van der Waals surface area contributed by atoms with Crippen LogP contribution in [-0.2, 0) is 14.5 Å². The second-order valence-electron chi connectivity index (χ2n) is 10.0. The molecule has 166 valence electrons. The molecule has 1 heterocycles. The van der Waals surface area contributed by atoms with Gasteiger partial charge in [-0.25, -0.2) is 0 Å². The molecule has 0 saturated carbocycles. The SMILES string of the molecule is CCCCC#C[Si@]1(C(C)(C)C)O[C@H](C(C)C)CC(c2ccccc2)(c2ccccc2)O1. The van der Waals surface area contributed by atoms with Gasteiger partial charge in [0.1, 0.15) is 5.60 Å². The average molecular weight is 435 g/mol. The summed E-state index contributed by atoms with van der Waals surface area (Å²) in [5.41, 5.74) is 5.45. The Kier molecular flexibility index (Phi) is 7.47. The second-order valence-corrected chi connectivity index (χ2v) is 13.5. The molecule has 0 amide bonds. The minimum atomic E-state index is -2.92. The fourth-order valence-corrected chi connectivity index (χ4v) is 7.31. The molecule has 1 aliphatic heterocycles. The molecule has 1 fully saturated rings. The Hall–Kier alpha value is -1.86. The molecule has 31 heavy (non-hydrogen) atoms. The first-order valence-corrected chi connectivity index (χ1v) is 13.5. The van der Waals surface area contributed by atoms with Crippen molar-refractivity contribution in [1.82, 2.24) is 0 Å². The van der Waals surface area contributed by atoms with Gasteiger partial charge < -0.3 is 8.85 Å². The van der Waals surface area contributed by atoms with Gasteiger partial charge in [-0.15, -0.1) is 5.92 Å². The summed E-state index contributed by atoms with van der Waals surface area (Å²) in [7, 11) is -2.92. The summed E-state index contributed by atoms with van der Waals surface area (Å²) in [6.45, 7) is 13.4. The van der Waals surface area contributed by atoms with E-state index in [1.54, 1.807) is 0 Å². The van der Waals surface area contributed by atoms with Crippen molar-refractivity contribution >= 4 is 8.56 Å². The lowest BCUT2D eigenvalue weighted by molar-refractivity contribution is -0.0690. The molecule has 1 saturated heterocycles. The van der Waals surface area contributed by atoms with Gasteiger partial charge >= 0.3 is 8.56 Å². The van der Waals surface area contributed by atoms with Crippen LogP contribution in [0.25, 0.3) is 0 Å². The van der Waals surface area contributed by atoms with Gasteiger partial charge in [0.15, 0.2) is 0 Å². The number of unbranched alkanes of at least 4 members (excludes halogenated alkanes) is 2. The highest BCUT2D eigenvalue weighted by Gasteiger charge is 2.60. The number of rotatable bonds is 5. The predicted molar refractivity (Wildman–Crippen MR) is 132 cm³/mol. The van der Waals surface area contributed by atoms with Crippen LogP contribution >= 0.6 is 0 Å². The van der Waals surface area contributed by atoms with E-state index in [0.717, 1.165) is 25.7 Å². The van der Waals surface area contributed by atoms with Crippen molar-refractivity contribution in [2.24, 2.45) is 5.92 Å². The molecule has 2 nitrogen and oxygen atoms in total. The van der Waals surface area contributed by atoms with Crippen LogP contribution in [0.5, 0.6) is 0 Å². The lowest BCUT2D eigenvalue weighted by Crippen LogP contribution is -2.62. The van der Waals surface area contributed by atoms with Crippen molar-refractivity contribution in [2.45, 2.75) is 84.0 Å². The first-order valence-electron chi connectivity index (χ1n) is 11.7. The summed E-state index contributed by atoms with van der Waals surface area (Å²) < 4.78 is 14.2. The zero-order valence-corrected chi connectivity index (χ0v) is 21.1. The molecule has 1 aliphatic rings. The number of benzene rings is 2. The normalized spacial score (nSPS) is 23.3. The highest BCUT2D eigenvalue weighted by molar-refractivity contribution is 6.78. The van der Waals surface area contributed by atoms with E-state index >= 15 is 0 Å². The molecule has 3 heteroatoms. The molecule has 0 spiro atoms. The fraction of sp³-hybridized carbons (Fsp3) is 0.500. The zero-order chi connectivity index (χ0) is 22.5. The van der Waals surface area contributed by atoms with Crippen molar-refractivity contribution in [3.05, 3.63) is 71.8 Å². The molecule has 2 atom stereocenters. The van der Waals surface area contributed by atoms with E-state index in [1.807, 2.05) is 0 Å². The van der Waals surface area contributed by atoms with Gasteiger partial charge in [0.2, 0.25) is 0 Å². The molecule has 0 aromatic heterocycles. The van der Waals surface area contributed by atoms with Gasteiger partial charge in [-0.05, 0) is 23.5 Å². The average Bonchev–Trinajstić information content (AvgIpc) is 2.77. The smallest absolute Gasteiger partial charge is 0.381 e. The highest BCUT2D eigenvalue weighted by Crippen LogP contribution is 2.52. The van der Waals surface area contributed by atoms with Crippen LogP contribution in [0.4, 0.5) is 0 Å². The van der Waals surface area contributed by atoms with Gasteiger partial charge in [0.05, 0.1) is 6.10 Å². The summed E-state index contributed by atoms with van der Waals surface area (Å²) in [5, 5.41) is -0.186. The van der Waals surface area contributed by atoms with Crippen LogP contribution in [0.15, 0.2) is 60.7 Å². The Morgan fingerprint density at radius 2 is 1.55 bits per heavy atom. The van der Waals surface area contributed by atoms with E-state index in [-0.39, 0.29) is 11.1 Å². The van der Waals surface area contributed by atoms with Crippen molar-refractivity contribution in [3.63, 3.8) is 0 Å². The van der Waals surface area contributed by atoms with Crippen molar-refractivity contribution in [1.29, 1.82) is 0 Å². The van der Waals surface area contributed by atoms with E-state index in [0.29, 0.717) is 5.92 Å². The van der Waals surface area contributed by atoms with E-state index < -0.39 is 14.2 Å². The molecule has 0 unspecified atom stereocenters. The maximum atomic E-state index is 7.30. The predicted octanol–water partition coefficient (Wildman–Crippen LogP) is 7.37. The standard InChI is InChI=1S/C28H38O2Si/c1-7-8-9-16-21-31(27(4,5)6)29-26(23(2)3)22-28(30-31,24-17-12-10-13-18-24)25-19-14-11-15-20-25/h10-15,17-20,23,26H,7-9,22H2,1-6H3/t26-,31-/m0/s1. The Labute approximate surface area is 190 Å². The first kappa shape index (κ1) is 23.8. The maximum Gasteiger partial charge on any atom is 0.430 e. The Morgan fingerprint density at radius 1 is 1.00 bits per heavy atom. The topological polar surface area (TPSA) is 18.5 Å². The van der Waals surface area contributed by atoms with Crippen LogP contribution in [0.1, 0.15) is 78.4 Å². The molecular weight excluding hydrogens is 396 g/mol. The Bertz CT molecular complexity index is 850. The van der Waals surface area contributed by atoms with Crippen molar-refractivity contribution in [3.8, 4) is 11.5 Å². The summed E-state index contributed by atoms with van der Waals surface area (Å²) in [4.78, 5) is 0. The first-order chi connectivity index (χ1) is 14.7. The lowest BCUT2D eigenvalue weighted by Gasteiger charge is -2.53. The van der Waals surface area contributed by atoms with Crippen molar-refractivity contribution in [2.75, 3.05) is 0 Å². The molecule has 2 aromatic carbocycles. The lowest BCUT2D eigenvalue weighted by atomic mass is 9.80. The third-order valence-electron chi connectivity index (χ3n) is 6.24. The Balaban J connectivity index is 2.23.